The fourth-order valence-corrected chi connectivity index (χ4v) is 5.95. The van der Waals surface area contributed by atoms with Gasteiger partial charge in [0.05, 0.1) is 7.11 Å². The maximum Gasteiger partial charge on any atom is 0.244 e. The number of methoxy groups -OCH3 is 1. The Morgan fingerprint density at radius 3 is 1.66 bits per heavy atom. The highest BCUT2D eigenvalue weighted by molar-refractivity contribution is 6.10. The van der Waals surface area contributed by atoms with E-state index in [-0.39, 0.29) is 34.8 Å². The van der Waals surface area contributed by atoms with E-state index in [0.717, 1.165) is 33.1 Å². The molecular weight excluding hydrogens is 636 g/mol. The molecule has 50 heavy (non-hydrogen) atoms. The summed E-state index contributed by atoms with van der Waals surface area (Å²) in [5.41, 5.74) is 5.56. The highest BCUT2D eigenvalue weighted by Gasteiger charge is 2.22. The van der Waals surface area contributed by atoms with Crippen LogP contribution in [0.5, 0.6) is 28.7 Å². The molecule has 2 amide bonds. The molecule has 2 aromatic heterocycles. The van der Waals surface area contributed by atoms with Gasteiger partial charge in [0.25, 0.3) is 0 Å². The number of carbonyl (C=O) groups excluding carboxylic acids is 2. The Labute approximate surface area is 287 Å². The van der Waals surface area contributed by atoms with Crippen LogP contribution in [0.15, 0.2) is 91.3 Å². The van der Waals surface area contributed by atoms with Crippen molar-refractivity contribution in [1.29, 1.82) is 0 Å². The molecule has 0 aliphatic heterocycles. The third-order valence-corrected chi connectivity index (χ3v) is 8.40. The molecule has 6 aromatic rings. The number of rotatable bonds is 12. The van der Waals surface area contributed by atoms with Crippen molar-refractivity contribution in [3.05, 3.63) is 114 Å². The van der Waals surface area contributed by atoms with E-state index in [2.05, 4.69) is 20.6 Å². The van der Waals surface area contributed by atoms with Crippen molar-refractivity contribution in [2.75, 3.05) is 20.2 Å². The van der Waals surface area contributed by atoms with Crippen LogP contribution in [0.4, 0.5) is 0 Å². The number of ether oxygens (including phenoxy) is 1. The fourth-order valence-electron chi connectivity index (χ4n) is 5.95. The van der Waals surface area contributed by atoms with Crippen LogP contribution < -0.4 is 15.4 Å². The molecule has 0 aliphatic carbocycles. The SMILES string of the molecule is COc1cc(C=CC(=O)NCCc2c[nH]c3ccc(O)c(-c4c(O)ccc5[nH]cc(CCNC(=O)C=Cc6ccc(O)cc6)c45)c23)ccc1O. The minimum atomic E-state index is -0.303. The molecular formula is C39H36N4O7. The molecule has 8 N–H and O–H groups in total. The number of fused-ring (bicyclic) bond motifs is 2. The largest absolute Gasteiger partial charge is 0.508 e. The van der Waals surface area contributed by atoms with E-state index in [1.54, 1.807) is 72.8 Å². The molecule has 11 nitrogen and oxygen atoms in total. The van der Waals surface area contributed by atoms with Crippen molar-refractivity contribution in [3.63, 3.8) is 0 Å². The number of hydrogen-bond acceptors (Lipinski definition) is 7. The van der Waals surface area contributed by atoms with Crippen molar-refractivity contribution in [2.24, 2.45) is 0 Å². The summed E-state index contributed by atoms with van der Waals surface area (Å²) in [5.74, 6) is -0.144. The number of carbonyl (C=O) groups is 2. The molecule has 0 radical (unpaired) electrons. The molecule has 2 heterocycles. The highest BCUT2D eigenvalue weighted by Crippen LogP contribution is 2.46. The topological polar surface area (TPSA) is 180 Å². The molecule has 254 valence electrons. The van der Waals surface area contributed by atoms with E-state index in [4.69, 9.17) is 4.74 Å². The van der Waals surface area contributed by atoms with Crippen LogP contribution in [0.3, 0.4) is 0 Å². The number of aromatic hydroxyl groups is 4. The van der Waals surface area contributed by atoms with Crippen LogP contribution in [-0.2, 0) is 22.4 Å². The maximum absolute atomic E-state index is 12.6. The summed E-state index contributed by atoms with van der Waals surface area (Å²) in [6.07, 6.45) is 10.7. The standard InChI is InChI=1S/C39H36N4O7/c1-50-33-20-24(4-11-30(33)45)6-15-35(49)41-19-17-26-22-43-29-10-13-32(47)39(37(26)29)38-31(46)12-9-28-36(38)25(21-42-28)16-18-40-34(48)14-5-23-2-7-27(44)8-3-23/h2-15,20-22,42-47H,16-19H2,1H3,(H,40,48)(H,41,49). The predicted molar refractivity (Wildman–Crippen MR) is 193 cm³/mol. The first-order valence-electron chi connectivity index (χ1n) is 15.9. The predicted octanol–water partition coefficient (Wildman–Crippen LogP) is 5.89. The monoisotopic (exact) mass is 672 g/mol. The van der Waals surface area contributed by atoms with Crippen molar-refractivity contribution < 1.29 is 34.8 Å². The summed E-state index contributed by atoms with van der Waals surface area (Å²) < 4.78 is 5.12. The molecule has 0 aliphatic rings. The van der Waals surface area contributed by atoms with Crippen LogP contribution in [0.1, 0.15) is 22.3 Å². The fraction of sp³-hybridized carbons (Fsp3) is 0.128. The average molecular weight is 673 g/mol. The van der Waals surface area contributed by atoms with Gasteiger partial charge in [-0.05, 0) is 95.8 Å². The Kier molecular flexibility index (Phi) is 9.75. The quantitative estimate of drug-likeness (QED) is 0.0747. The van der Waals surface area contributed by atoms with Gasteiger partial charge >= 0.3 is 0 Å². The molecule has 0 saturated heterocycles. The second-order valence-corrected chi connectivity index (χ2v) is 11.7. The highest BCUT2D eigenvalue weighted by atomic mass is 16.5. The van der Waals surface area contributed by atoms with Gasteiger partial charge in [-0.15, -0.1) is 0 Å². The average Bonchev–Trinajstić information content (AvgIpc) is 3.72. The summed E-state index contributed by atoms with van der Waals surface area (Å²) >= 11 is 0. The van der Waals surface area contributed by atoms with E-state index in [9.17, 15) is 30.0 Å². The van der Waals surface area contributed by atoms with Gasteiger partial charge in [-0.25, -0.2) is 0 Å². The number of phenols is 4. The van der Waals surface area contributed by atoms with Gasteiger partial charge in [0.1, 0.15) is 17.2 Å². The maximum atomic E-state index is 12.6. The van der Waals surface area contributed by atoms with Gasteiger partial charge in [0.2, 0.25) is 11.8 Å². The van der Waals surface area contributed by atoms with Gasteiger partial charge in [-0.3, -0.25) is 9.59 Å². The summed E-state index contributed by atoms with van der Waals surface area (Å²) in [6, 6.07) is 18.0. The third-order valence-electron chi connectivity index (χ3n) is 8.40. The first kappa shape index (κ1) is 33.3. The summed E-state index contributed by atoms with van der Waals surface area (Å²) in [4.78, 5) is 31.6. The number of nitrogens with one attached hydrogen (secondary N) is 4. The molecule has 0 fully saturated rings. The van der Waals surface area contributed by atoms with Gasteiger partial charge in [0, 0.05) is 70.6 Å². The lowest BCUT2D eigenvalue weighted by Crippen LogP contribution is -2.23. The van der Waals surface area contributed by atoms with Gasteiger partial charge in [-0.1, -0.05) is 18.2 Å². The Morgan fingerprint density at radius 1 is 0.660 bits per heavy atom. The van der Waals surface area contributed by atoms with Gasteiger partial charge < -0.3 is 45.8 Å². The number of phenolic OH excluding ortho intramolecular Hbond substituents is 4. The summed E-state index contributed by atoms with van der Waals surface area (Å²) in [7, 11) is 1.45. The second-order valence-electron chi connectivity index (χ2n) is 11.7. The number of benzene rings is 4. The number of aromatic nitrogens is 2. The zero-order chi connectivity index (χ0) is 35.2. The molecule has 0 saturated carbocycles. The Bertz CT molecular complexity index is 2250. The van der Waals surface area contributed by atoms with Crippen LogP contribution in [0.2, 0.25) is 0 Å². The molecule has 6 rings (SSSR count). The van der Waals surface area contributed by atoms with Crippen LogP contribution >= 0.6 is 0 Å². The Morgan fingerprint density at radius 2 is 1.14 bits per heavy atom. The van der Waals surface area contributed by atoms with Crippen LogP contribution in [-0.4, -0.2) is 62.4 Å². The summed E-state index contributed by atoms with van der Waals surface area (Å²) in [6.45, 7) is 0.622. The number of hydrogen-bond donors (Lipinski definition) is 8. The van der Waals surface area contributed by atoms with E-state index in [1.807, 2.05) is 12.4 Å². The van der Waals surface area contributed by atoms with Crippen molar-refractivity contribution in [3.8, 4) is 39.9 Å². The first-order chi connectivity index (χ1) is 24.2. The van der Waals surface area contributed by atoms with E-state index in [0.29, 0.717) is 53.8 Å². The van der Waals surface area contributed by atoms with Crippen LogP contribution in [0, 0.1) is 0 Å². The Hall–Kier alpha value is -6.62. The number of aromatic amines is 2. The molecule has 11 heteroatoms. The zero-order valence-corrected chi connectivity index (χ0v) is 27.2. The zero-order valence-electron chi connectivity index (χ0n) is 27.2. The van der Waals surface area contributed by atoms with Crippen molar-refractivity contribution in [1.82, 2.24) is 20.6 Å². The lowest BCUT2D eigenvalue weighted by Gasteiger charge is -2.14. The molecule has 0 spiro atoms. The van der Waals surface area contributed by atoms with E-state index < -0.39 is 0 Å². The van der Waals surface area contributed by atoms with Crippen molar-refractivity contribution >= 4 is 45.8 Å². The minimum Gasteiger partial charge on any atom is -0.508 e. The lowest BCUT2D eigenvalue weighted by atomic mass is 9.92. The Balaban J connectivity index is 1.20. The first-order valence-corrected chi connectivity index (χ1v) is 15.9. The smallest absolute Gasteiger partial charge is 0.244 e. The molecule has 0 atom stereocenters. The van der Waals surface area contributed by atoms with E-state index >= 15 is 0 Å². The minimum absolute atomic E-state index is 0.0101. The van der Waals surface area contributed by atoms with Crippen molar-refractivity contribution in [2.45, 2.75) is 12.8 Å². The molecule has 0 unspecified atom stereocenters. The summed E-state index contributed by atoms with van der Waals surface area (Å²) in [5, 5.41) is 49.0. The van der Waals surface area contributed by atoms with Crippen LogP contribution in [0.25, 0.3) is 45.1 Å². The molecule has 4 aromatic carbocycles. The number of amides is 2. The van der Waals surface area contributed by atoms with Gasteiger partial charge in [0.15, 0.2) is 11.5 Å². The third kappa shape index (κ3) is 7.26. The van der Waals surface area contributed by atoms with Gasteiger partial charge in [-0.2, -0.15) is 0 Å². The number of H-pyrrole nitrogens is 2. The lowest BCUT2D eigenvalue weighted by molar-refractivity contribution is -0.117. The normalized spacial score (nSPS) is 11.5. The molecule has 0 bridgehead atoms. The van der Waals surface area contributed by atoms with E-state index in [1.165, 1.54) is 25.3 Å². The second kappa shape index (κ2) is 14.7.